The molecule has 0 spiro atoms. The second-order valence-electron chi connectivity index (χ2n) is 14.7. The molecular weight excluding hydrogens is 582 g/mol. The Labute approximate surface area is 279 Å². The van der Waals surface area contributed by atoms with Gasteiger partial charge in [-0.3, -0.25) is 24.6 Å². The Morgan fingerprint density at radius 2 is 1.39 bits per heavy atom. The molecule has 4 amide bonds. The Morgan fingerprint density at radius 1 is 0.804 bits per heavy atom. The van der Waals surface area contributed by atoms with Crippen LogP contribution in [0, 0.1) is 29.6 Å². The zero-order valence-corrected chi connectivity index (χ0v) is 30.2. The maximum atomic E-state index is 14.1. The van der Waals surface area contributed by atoms with E-state index in [2.05, 4.69) is 31.5 Å². The summed E-state index contributed by atoms with van der Waals surface area (Å²) in [4.78, 5) is 57.1. The minimum atomic E-state index is -0.882. The highest BCUT2D eigenvalue weighted by molar-refractivity contribution is 5.86. The van der Waals surface area contributed by atoms with Crippen LogP contribution in [0.5, 0.6) is 0 Å². The molecule has 2 fully saturated rings. The van der Waals surface area contributed by atoms with Gasteiger partial charge in [0, 0.05) is 64.4 Å². The first-order valence-corrected chi connectivity index (χ1v) is 18.4. The summed E-state index contributed by atoms with van der Waals surface area (Å²) in [5, 5.41) is 16.7. The standard InChI is InChI=1S/C36H67N5O5/c1-8-11-19-41(38-33(43)20-26(4)5)25-32(42)31(21-27-15-13-12-14-16-27)37-34(44)28-22-29(35(45)39(6)7)24-30(23-28)36(46)40(17-9-2)18-10-3/h26-32,42H,8-25H2,1-7H3,(H,37,44)(H,38,43). The highest BCUT2D eigenvalue weighted by Gasteiger charge is 2.41. The van der Waals surface area contributed by atoms with E-state index in [4.69, 9.17) is 0 Å². The molecule has 3 N–H and O–H groups in total. The SMILES string of the molecule is CCCCN(CC(O)C(CC1CCCCC1)NC(=O)C1CC(C(=O)N(C)C)CC(C(=O)N(CCC)CCC)C1)NC(=O)CC(C)C. The van der Waals surface area contributed by atoms with Crippen molar-refractivity contribution in [1.82, 2.24) is 25.6 Å². The number of aliphatic hydroxyl groups excluding tert-OH is 1. The summed E-state index contributed by atoms with van der Waals surface area (Å²) >= 11 is 0. The highest BCUT2D eigenvalue weighted by Crippen LogP contribution is 2.36. The number of rotatable bonds is 19. The fourth-order valence-corrected chi connectivity index (χ4v) is 7.31. The third-order valence-electron chi connectivity index (χ3n) is 9.69. The minimum absolute atomic E-state index is 0.0419. The summed E-state index contributed by atoms with van der Waals surface area (Å²) in [6.45, 7) is 12.4. The molecule has 5 atom stereocenters. The average molecular weight is 650 g/mol. The quantitative estimate of drug-likeness (QED) is 0.174. The van der Waals surface area contributed by atoms with E-state index >= 15 is 0 Å². The maximum absolute atomic E-state index is 14.1. The molecule has 266 valence electrons. The lowest BCUT2D eigenvalue weighted by Gasteiger charge is -2.38. The molecule has 0 aliphatic heterocycles. The van der Waals surface area contributed by atoms with Gasteiger partial charge in [0.15, 0.2) is 0 Å². The second-order valence-corrected chi connectivity index (χ2v) is 14.7. The highest BCUT2D eigenvalue weighted by atomic mass is 16.3. The molecule has 10 heteroatoms. The van der Waals surface area contributed by atoms with Gasteiger partial charge in [-0.2, -0.15) is 0 Å². The van der Waals surface area contributed by atoms with Crippen LogP contribution in [0.4, 0.5) is 0 Å². The molecule has 0 aromatic rings. The molecule has 0 aromatic heterocycles. The van der Waals surface area contributed by atoms with E-state index in [1.807, 2.05) is 23.8 Å². The smallest absolute Gasteiger partial charge is 0.234 e. The van der Waals surface area contributed by atoms with Crippen molar-refractivity contribution < 1.29 is 24.3 Å². The molecule has 0 bridgehead atoms. The number of hydrogen-bond donors (Lipinski definition) is 3. The van der Waals surface area contributed by atoms with Crippen molar-refractivity contribution in [1.29, 1.82) is 0 Å². The van der Waals surface area contributed by atoms with E-state index in [1.165, 1.54) is 6.42 Å². The van der Waals surface area contributed by atoms with Crippen molar-refractivity contribution >= 4 is 23.6 Å². The first-order chi connectivity index (χ1) is 21.9. The minimum Gasteiger partial charge on any atom is -0.390 e. The van der Waals surface area contributed by atoms with Crippen LogP contribution >= 0.6 is 0 Å². The van der Waals surface area contributed by atoms with Gasteiger partial charge in [0.05, 0.1) is 12.1 Å². The fourth-order valence-electron chi connectivity index (χ4n) is 7.31. The van der Waals surface area contributed by atoms with Crippen LogP contribution in [0.2, 0.25) is 0 Å². The normalized spacial score (nSPS) is 21.9. The first kappa shape index (κ1) is 40.0. The van der Waals surface area contributed by atoms with Gasteiger partial charge < -0.3 is 20.2 Å². The van der Waals surface area contributed by atoms with Gasteiger partial charge in [0.25, 0.3) is 0 Å². The van der Waals surface area contributed by atoms with E-state index in [9.17, 15) is 24.3 Å². The van der Waals surface area contributed by atoms with Crippen molar-refractivity contribution in [2.75, 3.05) is 40.3 Å². The topological polar surface area (TPSA) is 122 Å². The summed E-state index contributed by atoms with van der Waals surface area (Å²) < 4.78 is 0. The Morgan fingerprint density at radius 3 is 1.93 bits per heavy atom. The van der Waals surface area contributed by atoms with Crippen LogP contribution in [0.15, 0.2) is 0 Å². The summed E-state index contributed by atoms with van der Waals surface area (Å²) in [5.41, 5.74) is 3.00. The zero-order chi connectivity index (χ0) is 34.2. The Hall–Kier alpha value is -2.20. The molecule has 46 heavy (non-hydrogen) atoms. The van der Waals surface area contributed by atoms with Gasteiger partial charge >= 0.3 is 0 Å². The number of amides is 4. The first-order valence-electron chi connectivity index (χ1n) is 18.4. The van der Waals surface area contributed by atoms with Crippen molar-refractivity contribution in [3.8, 4) is 0 Å². The Kier molecular flexibility index (Phi) is 18.2. The second kappa shape index (κ2) is 20.9. The molecule has 10 nitrogen and oxygen atoms in total. The van der Waals surface area contributed by atoms with Gasteiger partial charge in [-0.05, 0) is 56.8 Å². The molecule has 2 rings (SSSR count). The molecule has 2 saturated carbocycles. The summed E-state index contributed by atoms with van der Waals surface area (Å²) in [6.07, 6.45) is 10.7. The molecule has 0 saturated heterocycles. The van der Waals surface area contributed by atoms with E-state index in [1.54, 1.807) is 19.0 Å². The van der Waals surface area contributed by atoms with Crippen molar-refractivity contribution in [2.45, 2.75) is 137 Å². The number of carbonyl (C=O) groups is 4. The van der Waals surface area contributed by atoms with Crippen molar-refractivity contribution in [2.24, 2.45) is 29.6 Å². The van der Waals surface area contributed by atoms with Gasteiger partial charge in [0.1, 0.15) is 0 Å². The number of aliphatic hydroxyl groups is 1. The molecule has 2 aliphatic rings. The number of carbonyl (C=O) groups excluding carboxylic acids is 4. The number of nitrogens with one attached hydrogen (secondary N) is 2. The van der Waals surface area contributed by atoms with Gasteiger partial charge in [-0.15, -0.1) is 0 Å². The lowest BCUT2D eigenvalue weighted by Crippen LogP contribution is -2.55. The fraction of sp³-hybridized carbons (Fsp3) is 0.889. The van der Waals surface area contributed by atoms with Crippen LogP contribution in [0.3, 0.4) is 0 Å². The van der Waals surface area contributed by atoms with Crippen LogP contribution in [-0.2, 0) is 19.2 Å². The van der Waals surface area contributed by atoms with E-state index in [-0.39, 0.29) is 42.0 Å². The zero-order valence-electron chi connectivity index (χ0n) is 30.2. The predicted molar refractivity (Wildman–Crippen MR) is 183 cm³/mol. The summed E-state index contributed by atoms with van der Waals surface area (Å²) in [7, 11) is 3.45. The van der Waals surface area contributed by atoms with Gasteiger partial charge in [-0.1, -0.05) is 73.1 Å². The summed E-state index contributed by atoms with van der Waals surface area (Å²) in [6, 6.07) is -0.488. The molecule has 2 aliphatic carbocycles. The lowest BCUT2D eigenvalue weighted by atomic mass is 9.73. The number of hydrogen-bond acceptors (Lipinski definition) is 6. The van der Waals surface area contributed by atoms with Gasteiger partial charge in [0.2, 0.25) is 23.6 Å². The van der Waals surface area contributed by atoms with Crippen LogP contribution in [0.25, 0.3) is 0 Å². The van der Waals surface area contributed by atoms with Crippen molar-refractivity contribution in [3.63, 3.8) is 0 Å². The number of hydrazine groups is 1. The molecule has 0 aromatic carbocycles. The predicted octanol–water partition coefficient (Wildman–Crippen LogP) is 4.75. The third kappa shape index (κ3) is 13.5. The number of unbranched alkanes of at least 4 members (excludes halogenated alkanes) is 1. The molecule has 0 heterocycles. The van der Waals surface area contributed by atoms with Crippen molar-refractivity contribution in [3.05, 3.63) is 0 Å². The Balaban J connectivity index is 2.28. The van der Waals surface area contributed by atoms with Crippen LogP contribution < -0.4 is 10.7 Å². The van der Waals surface area contributed by atoms with Crippen LogP contribution in [-0.4, -0.2) is 96.0 Å². The molecule has 5 unspecified atom stereocenters. The summed E-state index contributed by atoms with van der Waals surface area (Å²) in [5.74, 6) is -0.910. The maximum Gasteiger partial charge on any atom is 0.234 e. The molecular formula is C36H67N5O5. The van der Waals surface area contributed by atoms with Crippen LogP contribution in [0.1, 0.15) is 125 Å². The monoisotopic (exact) mass is 650 g/mol. The average Bonchev–Trinajstić information content (AvgIpc) is 3.02. The van der Waals surface area contributed by atoms with E-state index < -0.39 is 24.0 Å². The third-order valence-corrected chi connectivity index (χ3v) is 9.69. The number of nitrogens with zero attached hydrogens (tertiary/aromatic N) is 3. The van der Waals surface area contributed by atoms with E-state index in [0.29, 0.717) is 57.7 Å². The largest absolute Gasteiger partial charge is 0.390 e. The van der Waals surface area contributed by atoms with Gasteiger partial charge in [-0.25, -0.2) is 5.01 Å². The lowest BCUT2D eigenvalue weighted by molar-refractivity contribution is -0.143. The van der Waals surface area contributed by atoms with E-state index in [0.717, 1.165) is 51.4 Å². The molecule has 0 radical (unpaired) electrons. The Bertz CT molecular complexity index is 932.